The molecule has 2 N–H and O–H groups in total. The van der Waals surface area contributed by atoms with E-state index in [2.05, 4.69) is 17.2 Å². The van der Waals surface area contributed by atoms with Gasteiger partial charge in [0.15, 0.2) is 0 Å². The fraction of sp³-hybridized carbons (Fsp3) is 0.133. The van der Waals surface area contributed by atoms with Crippen LogP contribution in [0.1, 0.15) is 21.5 Å². The largest absolute Gasteiger partial charge is 0.384 e. The summed E-state index contributed by atoms with van der Waals surface area (Å²) in [6.07, 6.45) is 0. The molecule has 20 heavy (non-hydrogen) atoms. The molecule has 0 atom stereocenters. The van der Waals surface area contributed by atoms with Crippen LogP contribution in [0.3, 0.4) is 0 Å². The van der Waals surface area contributed by atoms with Crippen LogP contribution < -0.4 is 5.32 Å². The Hall–Kier alpha value is -2.16. The van der Waals surface area contributed by atoms with E-state index in [9.17, 15) is 9.18 Å². The summed E-state index contributed by atoms with van der Waals surface area (Å²) in [5.41, 5.74) is 2.02. The van der Waals surface area contributed by atoms with Crippen molar-refractivity contribution in [1.82, 2.24) is 0 Å². The molecule has 0 unspecified atom stereocenters. The van der Waals surface area contributed by atoms with Crippen molar-refractivity contribution in [3.8, 4) is 11.8 Å². The number of anilines is 1. The molecule has 1 aromatic heterocycles. The molecule has 0 bridgehead atoms. The molecule has 1 amide bonds. The summed E-state index contributed by atoms with van der Waals surface area (Å²) >= 11 is 1.44. The van der Waals surface area contributed by atoms with Gasteiger partial charge >= 0.3 is 0 Å². The molecule has 0 aliphatic carbocycles. The number of aliphatic hydroxyl groups excluding tert-OH is 1. The number of hydrogen-bond acceptors (Lipinski definition) is 3. The van der Waals surface area contributed by atoms with Crippen molar-refractivity contribution in [2.45, 2.75) is 6.92 Å². The second kappa shape index (κ2) is 6.33. The summed E-state index contributed by atoms with van der Waals surface area (Å²) in [6.45, 7) is 1.52. The summed E-state index contributed by atoms with van der Waals surface area (Å²) in [4.78, 5) is 12.0. The molecule has 2 aromatic rings. The van der Waals surface area contributed by atoms with Crippen LogP contribution >= 0.6 is 11.3 Å². The van der Waals surface area contributed by atoms with Gasteiger partial charge in [-0.3, -0.25) is 4.79 Å². The predicted molar refractivity (Wildman–Crippen MR) is 77.4 cm³/mol. The van der Waals surface area contributed by atoms with Gasteiger partial charge < -0.3 is 10.4 Å². The topological polar surface area (TPSA) is 49.3 Å². The van der Waals surface area contributed by atoms with Gasteiger partial charge in [0.05, 0.1) is 11.1 Å². The zero-order chi connectivity index (χ0) is 14.5. The Bertz CT molecular complexity index is 697. The number of halogens is 1. The van der Waals surface area contributed by atoms with E-state index >= 15 is 0 Å². The third-order valence-electron chi connectivity index (χ3n) is 2.63. The molecule has 0 fully saturated rings. The zero-order valence-electron chi connectivity index (χ0n) is 10.7. The van der Waals surface area contributed by atoms with Crippen LogP contribution in [0, 0.1) is 24.6 Å². The molecule has 0 spiro atoms. The molecular weight excluding hydrogens is 277 g/mol. The SMILES string of the molecule is Cc1cscc1C(=O)Nc1ccc(C#CCO)c(F)c1. The minimum Gasteiger partial charge on any atom is -0.384 e. The lowest BCUT2D eigenvalue weighted by Crippen LogP contribution is -2.12. The lowest BCUT2D eigenvalue weighted by molar-refractivity contribution is 0.102. The Kier molecular flexibility index (Phi) is 4.51. The van der Waals surface area contributed by atoms with E-state index in [1.54, 1.807) is 11.4 Å². The average molecular weight is 289 g/mol. The molecule has 2 rings (SSSR count). The molecule has 0 saturated carbocycles. The first kappa shape index (κ1) is 14.3. The summed E-state index contributed by atoms with van der Waals surface area (Å²) in [5.74, 6) is 4.07. The first-order valence-corrected chi connectivity index (χ1v) is 6.79. The highest BCUT2D eigenvalue weighted by Gasteiger charge is 2.11. The van der Waals surface area contributed by atoms with E-state index in [-0.39, 0.29) is 18.1 Å². The predicted octanol–water partition coefficient (Wildman–Crippen LogP) is 2.79. The summed E-state index contributed by atoms with van der Waals surface area (Å²) in [7, 11) is 0. The number of aryl methyl sites for hydroxylation is 1. The molecule has 5 heteroatoms. The van der Waals surface area contributed by atoms with Gasteiger partial charge in [-0.15, -0.1) is 0 Å². The van der Waals surface area contributed by atoms with Crippen molar-refractivity contribution in [2.24, 2.45) is 0 Å². The Morgan fingerprint density at radius 3 is 2.85 bits per heavy atom. The van der Waals surface area contributed by atoms with Gasteiger partial charge in [0.2, 0.25) is 0 Å². The fourth-order valence-electron chi connectivity index (χ4n) is 1.62. The van der Waals surface area contributed by atoms with E-state index in [4.69, 9.17) is 5.11 Å². The summed E-state index contributed by atoms with van der Waals surface area (Å²) < 4.78 is 13.7. The number of benzene rings is 1. The van der Waals surface area contributed by atoms with E-state index < -0.39 is 5.82 Å². The van der Waals surface area contributed by atoms with Crippen LogP contribution in [-0.2, 0) is 0 Å². The number of rotatable bonds is 2. The van der Waals surface area contributed by atoms with Crippen molar-refractivity contribution < 1.29 is 14.3 Å². The zero-order valence-corrected chi connectivity index (χ0v) is 11.6. The highest BCUT2D eigenvalue weighted by atomic mass is 32.1. The normalized spacial score (nSPS) is 9.75. The number of aliphatic hydroxyl groups is 1. The number of carbonyl (C=O) groups excluding carboxylic acids is 1. The fourth-order valence-corrected chi connectivity index (χ4v) is 2.45. The molecule has 1 aromatic carbocycles. The van der Waals surface area contributed by atoms with E-state index in [1.807, 2.05) is 12.3 Å². The maximum absolute atomic E-state index is 13.7. The highest BCUT2D eigenvalue weighted by Crippen LogP contribution is 2.18. The van der Waals surface area contributed by atoms with Crippen molar-refractivity contribution in [1.29, 1.82) is 0 Å². The quantitative estimate of drug-likeness (QED) is 0.835. The van der Waals surface area contributed by atoms with Crippen molar-refractivity contribution >= 4 is 22.9 Å². The van der Waals surface area contributed by atoms with Gasteiger partial charge in [-0.25, -0.2) is 4.39 Å². The molecule has 102 valence electrons. The monoisotopic (exact) mass is 289 g/mol. The van der Waals surface area contributed by atoms with Gasteiger partial charge in [-0.05, 0) is 36.1 Å². The number of nitrogens with one attached hydrogen (secondary N) is 1. The highest BCUT2D eigenvalue weighted by molar-refractivity contribution is 7.08. The third kappa shape index (κ3) is 3.23. The molecule has 3 nitrogen and oxygen atoms in total. The lowest BCUT2D eigenvalue weighted by Gasteiger charge is -2.05. The average Bonchev–Trinajstić information content (AvgIpc) is 2.84. The van der Waals surface area contributed by atoms with Crippen molar-refractivity contribution in [3.05, 3.63) is 51.5 Å². The van der Waals surface area contributed by atoms with E-state index in [0.29, 0.717) is 11.3 Å². The standard InChI is InChI=1S/C15H12FNO2S/c1-10-8-20-9-13(10)15(19)17-12-5-4-11(3-2-6-18)14(16)7-12/h4-5,7-9,18H,6H2,1H3,(H,17,19). The Balaban J connectivity index is 2.17. The minimum atomic E-state index is -0.536. The third-order valence-corrected chi connectivity index (χ3v) is 3.49. The maximum atomic E-state index is 13.7. The van der Waals surface area contributed by atoms with Crippen LogP contribution in [0.15, 0.2) is 29.0 Å². The van der Waals surface area contributed by atoms with Gasteiger partial charge in [-0.2, -0.15) is 11.3 Å². The Morgan fingerprint density at radius 2 is 2.25 bits per heavy atom. The molecular formula is C15H12FNO2S. The van der Waals surface area contributed by atoms with Gasteiger partial charge in [0, 0.05) is 11.1 Å². The minimum absolute atomic E-state index is 0.184. The first-order chi connectivity index (χ1) is 9.61. The molecule has 1 heterocycles. The molecule has 0 saturated heterocycles. The first-order valence-electron chi connectivity index (χ1n) is 5.85. The van der Waals surface area contributed by atoms with Crippen LogP contribution in [0.2, 0.25) is 0 Å². The molecule has 0 aliphatic heterocycles. The lowest BCUT2D eigenvalue weighted by atomic mass is 10.1. The van der Waals surface area contributed by atoms with Crippen molar-refractivity contribution in [3.63, 3.8) is 0 Å². The van der Waals surface area contributed by atoms with Crippen LogP contribution in [0.5, 0.6) is 0 Å². The summed E-state index contributed by atoms with van der Waals surface area (Å²) in [5, 5.41) is 14.8. The van der Waals surface area contributed by atoms with Gasteiger partial charge in [0.1, 0.15) is 12.4 Å². The van der Waals surface area contributed by atoms with Crippen LogP contribution in [-0.4, -0.2) is 17.6 Å². The number of amides is 1. The second-order valence-corrected chi connectivity index (χ2v) is 4.82. The van der Waals surface area contributed by atoms with Crippen LogP contribution in [0.25, 0.3) is 0 Å². The van der Waals surface area contributed by atoms with Gasteiger partial charge in [0.25, 0.3) is 5.91 Å². The number of carbonyl (C=O) groups is 1. The maximum Gasteiger partial charge on any atom is 0.256 e. The summed E-state index contributed by atoms with van der Waals surface area (Å²) in [6, 6.07) is 4.25. The van der Waals surface area contributed by atoms with E-state index in [0.717, 1.165) is 5.56 Å². The Labute approximate surface area is 120 Å². The second-order valence-electron chi connectivity index (χ2n) is 4.08. The number of thiophene rings is 1. The molecule has 0 radical (unpaired) electrons. The Morgan fingerprint density at radius 1 is 1.45 bits per heavy atom. The van der Waals surface area contributed by atoms with E-state index in [1.165, 1.54) is 23.5 Å². The van der Waals surface area contributed by atoms with Crippen molar-refractivity contribution in [2.75, 3.05) is 11.9 Å². The van der Waals surface area contributed by atoms with Gasteiger partial charge in [-0.1, -0.05) is 11.8 Å². The molecule has 0 aliphatic rings. The smallest absolute Gasteiger partial charge is 0.256 e. The number of hydrogen-bond donors (Lipinski definition) is 2. The van der Waals surface area contributed by atoms with Crippen LogP contribution in [0.4, 0.5) is 10.1 Å².